The number of hydrogen-bond donors (Lipinski definition) is 1. The molecular weight excluding hydrogens is 164 g/mol. The first-order chi connectivity index (χ1) is 6.13. The summed E-state index contributed by atoms with van der Waals surface area (Å²) in [5, 5.41) is 12.6. The second-order valence-electron chi connectivity index (χ2n) is 3.49. The zero-order chi connectivity index (χ0) is 9.84. The van der Waals surface area contributed by atoms with Gasteiger partial charge in [0.2, 0.25) is 0 Å². The van der Waals surface area contributed by atoms with Crippen LogP contribution in [-0.2, 0) is 6.54 Å². The minimum absolute atomic E-state index is 0.323. The molecule has 4 nitrogen and oxygen atoms in total. The number of hydrogen-bond acceptors (Lipinski definition) is 3. The molecule has 1 heterocycles. The Labute approximate surface area is 78.0 Å². The summed E-state index contributed by atoms with van der Waals surface area (Å²) in [6.07, 6.45) is 2.76. The molecule has 0 fully saturated rings. The summed E-state index contributed by atoms with van der Waals surface area (Å²) in [6, 6.07) is 1.95. The lowest BCUT2D eigenvalue weighted by atomic mass is 10.1. The van der Waals surface area contributed by atoms with E-state index in [1.54, 1.807) is 10.9 Å². The van der Waals surface area contributed by atoms with Crippen LogP contribution in [0.3, 0.4) is 0 Å². The maximum absolute atomic E-state index is 8.60. The predicted octanol–water partition coefficient (Wildman–Crippen LogP) is 1.38. The molecule has 0 unspecified atom stereocenters. The standard InChI is InChI=1S/C9H14N4/c1-7(2)3-4-13-6-8(11)9(5-10)12-13/h6-7H,3-4,11H2,1-2H3. The predicted molar refractivity (Wildman–Crippen MR) is 50.8 cm³/mol. The SMILES string of the molecule is CC(C)CCn1cc(N)c(C#N)n1. The van der Waals surface area contributed by atoms with E-state index in [4.69, 9.17) is 11.0 Å². The van der Waals surface area contributed by atoms with Crippen LogP contribution in [0.5, 0.6) is 0 Å². The van der Waals surface area contributed by atoms with Crippen LogP contribution in [0.4, 0.5) is 5.69 Å². The highest BCUT2D eigenvalue weighted by Gasteiger charge is 2.04. The summed E-state index contributed by atoms with van der Waals surface area (Å²) in [5.74, 6) is 0.635. The third kappa shape index (κ3) is 2.48. The zero-order valence-electron chi connectivity index (χ0n) is 7.99. The van der Waals surface area contributed by atoms with Crippen molar-refractivity contribution >= 4 is 5.69 Å². The summed E-state index contributed by atoms with van der Waals surface area (Å²) in [6.45, 7) is 5.12. The van der Waals surface area contributed by atoms with Gasteiger partial charge in [-0.15, -0.1) is 0 Å². The number of anilines is 1. The van der Waals surface area contributed by atoms with Crippen molar-refractivity contribution < 1.29 is 0 Å². The first-order valence-electron chi connectivity index (χ1n) is 4.36. The van der Waals surface area contributed by atoms with Gasteiger partial charge >= 0.3 is 0 Å². The lowest BCUT2D eigenvalue weighted by molar-refractivity contribution is 0.486. The van der Waals surface area contributed by atoms with E-state index in [1.165, 1.54) is 0 Å². The van der Waals surface area contributed by atoms with E-state index in [0.717, 1.165) is 13.0 Å². The van der Waals surface area contributed by atoms with Crippen LogP contribution in [-0.4, -0.2) is 9.78 Å². The van der Waals surface area contributed by atoms with Crippen molar-refractivity contribution in [1.29, 1.82) is 5.26 Å². The van der Waals surface area contributed by atoms with E-state index in [1.807, 2.05) is 6.07 Å². The molecule has 0 saturated heterocycles. The van der Waals surface area contributed by atoms with Crippen molar-refractivity contribution in [2.45, 2.75) is 26.8 Å². The molecule has 0 aromatic carbocycles. The monoisotopic (exact) mass is 178 g/mol. The largest absolute Gasteiger partial charge is 0.395 e. The van der Waals surface area contributed by atoms with Gasteiger partial charge in [-0.25, -0.2) is 0 Å². The average Bonchev–Trinajstić information content (AvgIpc) is 2.43. The number of rotatable bonds is 3. The molecule has 0 aliphatic rings. The third-order valence-electron chi connectivity index (χ3n) is 1.83. The Kier molecular flexibility index (Phi) is 2.91. The second kappa shape index (κ2) is 3.94. The quantitative estimate of drug-likeness (QED) is 0.760. The minimum Gasteiger partial charge on any atom is -0.395 e. The van der Waals surface area contributed by atoms with Gasteiger partial charge in [-0.05, 0) is 12.3 Å². The molecule has 0 aliphatic heterocycles. The molecule has 0 radical (unpaired) electrons. The van der Waals surface area contributed by atoms with Crippen LogP contribution in [0.15, 0.2) is 6.20 Å². The lowest BCUT2D eigenvalue weighted by Crippen LogP contribution is -2.02. The van der Waals surface area contributed by atoms with Crippen molar-refractivity contribution in [2.24, 2.45) is 5.92 Å². The Morgan fingerprint density at radius 1 is 1.69 bits per heavy atom. The molecule has 0 bridgehead atoms. The average molecular weight is 178 g/mol. The van der Waals surface area contributed by atoms with E-state index in [-0.39, 0.29) is 0 Å². The van der Waals surface area contributed by atoms with Crippen molar-refractivity contribution in [1.82, 2.24) is 9.78 Å². The lowest BCUT2D eigenvalue weighted by Gasteiger charge is -2.03. The molecule has 1 rings (SSSR count). The molecule has 70 valence electrons. The molecule has 4 heteroatoms. The Morgan fingerprint density at radius 2 is 2.38 bits per heavy atom. The fourth-order valence-electron chi connectivity index (χ4n) is 1.03. The first kappa shape index (κ1) is 9.59. The molecule has 1 aromatic rings. The van der Waals surface area contributed by atoms with Crippen molar-refractivity contribution in [3.8, 4) is 6.07 Å². The van der Waals surface area contributed by atoms with E-state index < -0.39 is 0 Å². The van der Waals surface area contributed by atoms with Gasteiger partial charge in [0, 0.05) is 12.7 Å². The molecule has 0 atom stereocenters. The molecule has 1 aromatic heterocycles. The van der Waals surface area contributed by atoms with Gasteiger partial charge < -0.3 is 5.73 Å². The van der Waals surface area contributed by atoms with Gasteiger partial charge in [0.25, 0.3) is 0 Å². The minimum atomic E-state index is 0.323. The molecule has 0 aliphatic carbocycles. The number of aryl methyl sites for hydroxylation is 1. The summed E-state index contributed by atoms with van der Waals surface area (Å²) in [7, 11) is 0. The molecule has 2 N–H and O–H groups in total. The number of nitriles is 1. The van der Waals surface area contributed by atoms with Crippen LogP contribution in [0.2, 0.25) is 0 Å². The number of nitrogens with two attached hydrogens (primary N) is 1. The zero-order valence-corrected chi connectivity index (χ0v) is 7.99. The van der Waals surface area contributed by atoms with Crippen molar-refractivity contribution in [2.75, 3.05) is 5.73 Å². The Bertz CT molecular complexity index is 319. The first-order valence-corrected chi connectivity index (χ1v) is 4.36. The van der Waals surface area contributed by atoms with E-state index in [0.29, 0.717) is 17.3 Å². The van der Waals surface area contributed by atoms with Gasteiger partial charge in [0.15, 0.2) is 5.69 Å². The topological polar surface area (TPSA) is 67.6 Å². The third-order valence-corrected chi connectivity index (χ3v) is 1.83. The van der Waals surface area contributed by atoms with E-state index in [9.17, 15) is 0 Å². The number of aromatic nitrogens is 2. The molecule has 13 heavy (non-hydrogen) atoms. The number of nitrogen functional groups attached to an aromatic ring is 1. The van der Waals surface area contributed by atoms with Gasteiger partial charge in [-0.1, -0.05) is 13.8 Å². The van der Waals surface area contributed by atoms with Crippen LogP contribution < -0.4 is 5.73 Å². The molecule has 0 saturated carbocycles. The highest BCUT2D eigenvalue weighted by molar-refractivity contribution is 5.47. The summed E-state index contributed by atoms with van der Waals surface area (Å²) in [5.41, 5.74) is 6.34. The maximum atomic E-state index is 8.60. The van der Waals surface area contributed by atoms with Crippen LogP contribution in [0, 0.1) is 17.2 Å². The summed E-state index contributed by atoms with van der Waals surface area (Å²) in [4.78, 5) is 0. The van der Waals surface area contributed by atoms with E-state index >= 15 is 0 Å². The Balaban J connectivity index is 2.64. The summed E-state index contributed by atoms with van der Waals surface area (Å²) < 4.78 is 1.73. The maximum Gasteiger partial charge on any atom is 0.185 e. The highest BCUT2D eigenvalue weighted by atomic mass is 15.3. The molecule has 0 spiro atoms. The normalized spacial score (nSPS) is 10.3. The second-order valence-corrected chi connectivity index (χ2v) is 3.49. The Morgan fingerprint density at radius 3 is 2.85 bits per heavy atom. The van der Waals surface area contributed by atoms with Crippen molar-refractivity contribution in [3.05, 3.63) is 11.9 Å². The fourth-order valence-corrected chi connectivity index (χ4v) is 1.03. The van der Waals surface area contributed by atoms with Gasteiger partial charge in [0.1, 0.15) is 6.07 Å². The van der Waals surface area contributed by atoms with Crippen LogP contribution >= 0.6 is 0 Å². The van der Waals surface area contributed by atoms with Crippen LogP contribution in [0.1, 0.15) is 26.0 Å². The summed E-state index contributed by atoms with van der Waals surface area (Å²) >= 11 is 0. The van der Waals surface area contributed by atoms with Crippen LogP contribution in [0.25, 0.3) is 0 Å². The van der Waals surface area contributed by atoms with Gasteiger partial charge in [0.05, 0.1) is 5.69 Å². The van der Waals surface area contributed by atoms with Crippen molar-refractivity contribution in [3.63, 3.8) is 0 Å². The van der Waals surface area contributed by atoms with Gasteiger partial charge in [-0.3, -0.25) is 4.68 Å². The van der Waals surface area contributed by atoms with E-state index in [2.05, 4.69) is 18.9 Å². The molecule has 0 amide bonds. The smallest absolute Gasteiger partial charge is 0.185 e. The highest BCUT2D eigenvalue weighted by Crippen LogP contribution is 2.09. The molecular formula is C9H14N4. The Hall–Kier alpha value is -1.50. The van der Waals surface area contributed by atoms with Gasteiger partial charge in [-0.2, -0.15) is 10.4 Å². The fraction of sp³-hybridized carbons (Fsp3) is 0.556. The number of nitrogens with zero attached hydrogens (tertiary/aromatic N) is 3.